The van der Waals surface area contributed by atoms with Crippen LogP contribution in [0.2, 0.25) is 0 Å². The van der Waals surface area contributed by atoms with Crippen LogP contribution in [0, 0.1) is 0 Å². The van der Waals surface area contributed by atoms with E-state index in [2.05, 4.69) is 15.5 Å². The second-order valence-electron chi connectivity index (χ2n) is 6.42. The maximum Gasteiger partial charge on any atom is 0.329 e. The quantitative estimate of drug-likeness (QED) is 0.446. The molecule has 9 nitrogen and oxygen atoms in total. The number of carbonyl (C=O) groups excluding carboxylic acids is 1. The first-order chi connectivity index (χ1) is 14.2. The lowest BCUT2D eigenvalue weighted by Gasteiger charge is -2.06. The van der Waals surface area contributed by atoms with E-state index < -0.39 is 5.97 Å². The molecule has 0 radical (unpaired) electrons. The van der Waals surface area contributed by atoms with Crippen LogP contribution in [0.3, 0.4) is 0 Å². The first-order valence-electron chi connectivity index (χ1n) is 9.35. The minimum absolute atomic E-state index is 0.0493. The fraction of sp³-hybridized carbons (Fsp3) is 0.250. The van der Waals surface area contributed by atoms with E-state index >= 15 is 0 Å². The number of para-hydroxylation sites is 3. The number of benzene rings is 2. The third kappa shape index (κ3) is 3.66. The molecule has 0 unspecified atom stereocenters. The van der Waals surface area contributed by atoms with Crippen LogP contribution in [0.15, 0.2) is 59.4 Å². The fourth-order valence-corrected chi connectivity index (χ4v) is 3.28. The summed E-state index contributed by atoms with van der Waals surface area (Å²) in [5.74, 6) is -0.00264. The van der Waals surface area contributed by atoms with Crippen molar-refractivity contribution in [2.24, 2.45) is 0 Å². The molecule has 0 saturated heterocycles. The van der Waals surface area contributed by atoms with Crippen molar-refractivity contribution < 1.29 is 9.53 Å². The highest BCUT2D eigenvalue weighted by atomic mass is 16.5. The lowest BCUT2D eigenvalue weighted by atomic mass is 10.3. The number of rotatable bonds is 7. The molecule has 2 aromatic heterocycles. The topological polar surface area (TPSA) is 96.8 Å². The van der Waals surface area contributed by atoms with Gasteiger partial charge in [-0.25, -0.2) is 4.79 Å². The zero-order valence-electron chi connectivity index (χ0n) is 15.9. The molecule has 0 aliphatic carbocycles. The van der Waals surface area contributed by atoms with Gasteiger partial charge in [0.05, 0.1) is 23.1 Å². The molecule has 29 heavy (non-hydrogen) atoms. The first-order valence-corrected chi connectivity index (χ1v) is 9.35. The van der Waals surface area contributed by atoms with Gasteiger partial charge in [0.15, 0.2) is 12.4 Å². The van der Waals surface area contributed by atoms with Gasteiger partial charge < -0.3 is 4.74 Å². The molecule has 148 valence electrons. The van der Waals surface area contributed by atoms with Gasteiger partial charge in [0, 0.05) is 13.1 Å². The number of hydrogen-bond acceptors (Lipinski definition) is 6. The molecule has 0 aliphatic heterocycles. The minimum atomic E-state index is -0.423. The van der Waals surface area contributed by atoms with E-state index in [1.54, 1.807) is 9.13 Å². The Hall–Kier alpha value is -3.75. The van der Waals surface area contributed by atoms with E-state index in [1.807, 2.05) is 61.5 Å². The van der Waals surface area contributed by atoms with Gasteiger partial charge in [-0.1, -0.05) is 30.3 Å². The fourth-order valence-electron chi connectivity index (χ4n) is 3.28. The number of imidazole rings is 1. The first kappa shape index (κ1) is 18.6. The second-order valence-corrected chi connectivity index (χ2v) is 6.42. The monoisotopic (exact) mass is 392 g/mol. The number of carbonyl (C=O) groups is 1. The largest absolute Gasteiger partial charge is 0.457 e. The van der Waals surface area contributed by atoms with Gasteiger partial charge in [0.2, 0.25) is 0 Å². The van der Waals surface area contributed by atoms with Crippen LogP contribution < -0.4 is 5.69 Å². The summed E-state index contributed by atoms with van der Waals surface area (Å²) in [5.41, 5.74) is 2.31. The standard InChI is InChI=1S/C20H20N6O3/c1-2-24-16-10-6-7-11-17(16)25(20(24)28)13-12-19(27)29-14-18-21-22-23-26(18)15-8-4-3-5-9-15/h3-11H,2,12-14H2,1H3. The van der Waals surface area contributed by atoms with Gasteiger partial charge in [0.25, 0.3) is 0 Å². The highest BCUT2D eigenvalue weighted by molar-refractivity contribution is 5.76. The molecule has 0 bridgehead atoms. The number of nitrogens with zero attached hydrogens (tertiary/aromatic N) is 6. The maximum atomic E-state index is 12.6. The van der Waals surface area contributed by atoms with E-state index in [0.29, 0.717) is 12.4 Å². The summed E-state index contributed by atoms with van der Waals surface area (Å²) in [7, 11) is 0. The zero-order chi connectivity index (χ0) is 20.2. The highest BCUT2D eigenvalue weighted by Gasteiger charge is 2.15. The molecular formula is C20H20N6O3. The van der Waals surface area contributed by atoms with Crippen LogP contribution in [0.5, 0.6) is 0 Å². The molecule has 0 N–H and O–H groups in total. The van der Waals surface area contributed by atoms with Gasteiger partial charge in [-0.05, 0) is 41.6 Å². The molecule has 0 saturated carbocycles. The molecule has 2 heterocycles. The van der Waals surface area contributed by atoms with Crippen LogP contribution >= 0.6 is 0 Å². The molecule has 0 fully saturated rings. The third-order valence-corrected chi connectivity index (χ3v) is 4.68. The van der Waals surface area contributed by atoms with Crippen molar-refractivity contribution in [3.8, 4) is 5.69 Å². The molecule has 0 atom stereocenters. The molecular weight excluding hydrogens is 372 g/mol. The van der Waals surface area contributed by atoms with Crippen molar-refractivity contribution in [1.29, 1.82) is 0 Å². The van der Waals surface area contributed by atoms with E-state index in [1.165, 1.54) is 4.68 Å². The van der Waals surface area contributed by atoms with Crippen LogP contribution in [0.1, 0.15) is 19.2 Å². The Morgan fingerprint density at radius 1 is 1.00 bits per heavy atom. The summed E-state index contributed by atoms with van der Waals surface area (Å²) in [6.45, 7) is 2.68. The summed E-state index contributed by atoms with van der Waals surface area (Å²) < 4.78 is 10.1. The summed E-state index contributed by atoms with van der Waals surface area (Å²) >= 11 is 0. The molecule has 0 aliphatic rings. The van der Waals surface area contributed by atoms with E-state index in [4.69, 9.17) is 4.74 Å². The van der Waals surface area contributed by atoms with Gasteiger partial charge in [-0.3, -0.25) is 13.9 Å². The average Bonchev–Trinajstić information content (AvgIpc) is 3.33. The minimum Gasteiger partial charge on any atom is -0.457 e. The van der Waals surface area contributed by atoms with E-state index in [-0.39, 0.29) is 25.3 Å². The van der Waals surface area contributed by atoms with E-state index in [0.717, 1.165) is 16.7 Å². The lowest BCUT2D eigenvalue weighted by molar-refractivity contribution is -0.145. The summed E-state index contributed by atoms with van der Waals surface area (Å²) in [5, 5.41) is 11.5. The second kappa shape index (κ2) is 8.09. The Morgan fingerprint density at radius 2 is 1.69 bits per heavy atom. The summed E-state index contributed by atoms with van der Waals surface area (Å²) in [6, 6.07) is 16.9. The van der Waals surface area contributed by atoms with Crippen molar-refractivity contribution in [1.82, 2.24) is 29.3 Å². The highest BCUT2D eigenvalue weighted by Crippen LogP contribution is 2.13. The Kier molecular flexibility index (Phi) is 5.19. The number of fused-ring (bicyclic) bond motifs is 1. The van der Waals surface area contributed by atoms with Crippen molar-refractivity contribution in [2.75, 3.05) is 0 Å². The average molecular weight is 392 g/mol. The van der Waals surface area contributed by atoms with Crippen molar-refractivity contribution in [3.63, 3.8) is 0 Å². The smallest absolute Gasteiger partial charge is 0.329 e. The van der Waals surface area contributed by atoms with Gasteiger partial charge >= 0.3 is 11.7 Å². The lowest BCUT2D eigenvalue weighted by Crippen LogP contribution is -2.25. The van der Waals surface area contributed by atoms with Crippen LogP contribution in [0.25, 0.3) is 16.7 Å². The number of aryl methyl sites for hydroxylation is 2. The number of hydrogen-bond donors (Lipinski definition) is 0. The summed E-state index contributed by atoms with van der Waals surface area (Å²) in [4.78, 5) is 24.9. The van der Waals surface area contributed by atoms with Gasteiger partial charge in [-0.15, -0.1) is 5.10 Å². The Morgan fingerprint density at radius 3 is 2.41 bits per heavy atom. The van der Waals surface area contributed by atoms with E-state index in [9.17, 15) is 9.59 Å². The SMILES string of the molecule is CCn1c(=O)n(CCC(=O)OCc2nnnn2-c2ccccc2)c2ccccc21. The molecule has 0 spiro atoms. The normalized spacial score (nSPS) is 11.1. The molecule has 2 aromatic carbocycles. The molecule has 4 rings (SSSR count). The molecule has 4 aromatic rings. The number of esters is 1. The van der Waals surface area contributed by atoms with Crippen molar-refractivity contribution in [3.05, 3.63) is 70.9 Å². The molecule has 0 amide bonds. The predicted molar refractivity (Wildman–Crippen MR) is 105 cm³/mol. The van der Waals surface area contributed by atoms with Gasteiger partial charge in [0.1, 0.15) is 0 Å². The number of ether oxygens (including phenoxy) is 1. The van der Waals surface area contributed by atoms with Crippen molar-refractivity contribution >= 4 is 17.0 Å². The molecule has 9 heteroatoms. The predicted octanol–water partition coefficient (Wildman–Crippen LogP) is 1.93. The zero-order valence-corrected chi connectivity index (χ0v) is 15.9. The van der Waals surface area contributed by atoms with Crippen molar-refractivity contribution in [2.45, 2.75) is 33.0 Å². The Labute approximate surface area is 166 Å². The Balaban J connectivity index is 1.43. The maximum absolute atomic E-state index is 12.6. The number of tetrazole rings is 1. The number of aromatic nitrogens is 6. The van der Waals surface area contributed by atoms with Crippen LogP contribution in [0.4, 0.5) is 0 Å². The Bertz CT molecular complexity index is 1190. The van der Waals surface area contributed by atoms with Gasteiger partial charge in [-0.2, -0.15) is 4.68 Å². The van der Waals surface area contributed by atoms with Crippen LogP contribution in [-0.4, -0.2) is 35.3 Å². The van der Waals surface area contributed by atoms with Crippen LogP contribution in [-0.2, 0) is 29.2 Å². The summed E-state index contributed by atoms with van der Waals surface area (Å²) in [6.07, 6.45) is 0.0739. The third-order valence-electron chi connectivity index (χ3n) is 4.68.